The number of aromatic nitrogens is 1. The topological polar surface area (TPSA) is 48.1 Å². The number of nitrogens with two attached hydrogens (primary N) is 1. The summed E-state index contributed by atoms with van der Waals surface area (Å²) >= 11 is 9.63. The van der Waals surface area contributed by atoms with Gasteiger partial charge >= 0.3 is 0 Å². The number of ether oxygens (including phenoxy) is 1. The number of halogens is 2. The van der Waals surface area contributed by atoms with Gasteiger partial charge in [-0.2, -0.15) is 0 Å². The van der Waals surface area contributed by atoms with Gasteiger partial charge in [0.15, 0.2) is 0 Å². The third kappa shape index (κ3) is 3.47. The van der Waals surface area contributed by atoms with Gasteiger partial charge in [0, 0.05) is 22.9 Å². The highest BCUT2D eigenvalue weighted by Crippen LogP contribution is 2.28. The molecule has 5 heteroatoms. The Kier molecular flexibility index (Phi) is 4.80. The van der Waals surface area contributed by atoms with Crippen molar-refractivity contribution in [3.05, 3.63) is 57.3 Å². The van der Waals surface area contributed by atoms with Crippen molar-refractivity contribution in [2.45, 2.75) is 12.5 Å². The van der Waals surface area contributed by atoms with E-state index in [2.05, 4.69) is 20.9 Å². The van der Waals surface area contributed by atoms with Gasteiger partial charge in [0.05, 0.1) is 12.1 Å². The minimum atomic E-state index is -0.182. The Morgan fingerprint density at radius 1 is 1.42 bits per heavy atom. The molecule has 1 heterocycles. The molecule has 2 N–H and O–H groups in total. The fourth-order valence-electron chi connectivity index (χ4n) is 1.87. The zero-order valence-electron chi connectivity index (χ0n) is 10.4. The van der Waals surface area contributed by atoms with E-state index >= 15 is 0 Å². The fourth-order valence-corrected chi connectivity index (χ4v) is 2.54. The van der Waals surface area contributed by atoms with E-state index in [1.54, 1.807) is 19.5 Å². The van der Waals surface area contributed by atoms with Crippen LogP contribution in [-0.2, 0) is 6.42 Å². The van der Waals surface area contributed by atoms with Gasteiger partial charge in [-0.15, -0.1) is 0 Å². The second-order valence-corrected chi connectivity index (χ2v) is 5.43. The van der Waals surface area contributed by atoms with Crippen LogP contribution in [0.15, 0.2) is 41.1 Å². The summed E-state index contributed by atoms with van der Waals surface area (Å²) in [6, 6.07) is 7.49. The molecule has 0 radical (unpaired) electrons. The quantitative estimate of drug-likeness (QED) is 0.921. The van der Waals surface area contributed by atoms with Crippen LogP contribution in [0.25, 0.3) is 0 Å². The Bertz CT molecular complexity index is 577. The zero-order valence-corrected chi connectivity index (χ0v) is 12.8. The first-order chi connectivity index (χ1) is 9.11. The molecule has 0 saturated heterocycles. The van der Waals surface area contributed by atoms with E-state index in [0.717, 1.165) is 21.3 Å². The van der Waals surface area contributed by atoms with Crippen molar-refractivity contribution in [1.29, 1.82) is 0 Å². The molecular weight excluding hydrogens is 328 g/mol. The Balaban J connectivity index is 2.24. The third-order valence-electron chi connectivity index (χ3n) is 2.90. The lowest BCUT2D eigenvalue weighted by molar-refractivity contribution is 0.414. The number of hydrogen-bond donors (Lipinski definition) is 1. The first-order valence-corrected chi connectivity index (χ1v) is 6.96. The molecular formula is C14H14BrClN2O. The van der Waals surface area contributed by atoms with Gasteiger partial charge in [-0.1, -0.05) is 27.5 Å². The van der Waals surface area contributed by atoms with E-state index in [1.807, 2.05) is 24.3 Å². The van der Waals surface area contributed by atoms with Crippen LogP contribution < -0.4 is 10.5 Å². The van der Waals surface area contributed by atoms with Crippen LogP contribution >= 0.6 is 27.5 Å². The summed E-state index contributed by atoms with van der Waals surface area (Å²) in [7, 11) is 1.65. The molecule has 0 spiro atoms. The molecule has 0 aliphatic carbocycles. The Hall–Kier alpha value is -1.10. The van der Waals surface area contributed by atoms with Crippen molar-refractivity contribution in [2.75, 3.05) is 7.11 Å². The van der Waals surface area contributed by atoms with Crippen molar-refractivity contribution in [1.82, 2.24) is 4.98 Å². The van der Waals surface area contributed by atoms with Gasteiger partial charge in [0.25, 0.3) is 0 Å². The number of rotatable bonds is 4. The zero-order chi connectivity index (χ0) is 13.8. The monoisotopic (exact) mass is 340 g/mol. The Morgan fingerprint density at radius 2 is 2.21 bits per heavy atom. The molecule has 0 bridgehead atoms. The molecule has 0 aliphatic rings. The minimum absolute atomic E-state index is 0.182. The maximum absolute atomic E-state index is 6.21. The summed E-state index contributed by atoms with van der Waals surface area (Å²) in [6.07, 6.45) is 3.97. The maximum Gasteiger partial charge on any atom is 0.119 e. The minimum Gasteiger partial charge on any atom is -0.497 e. The highest BCUT2D eigenvalue weighted by atomic mass is 79.9. The molecule has 2 rings (SSSR count). The number of methoxy groups -OCH3 is 1. The van der Waals surface area contributed by atoms with Crippen molar-refractivity contribution in [3.8, 4) is 5.75 Å². The van der Waals surface area contributed by atoms with Crippen LogP contribution in [0, 0.1) is 0 Å². The van der Waals surface area contributed by atoms with E-state index in [1.165, 1.54) is 0 Å². The predicted molar refractivity (Wildman–Crippen MR) is 80.6 cm³/mol. The summed E-state index contributed by atoms with van der Waals surface area (Å²) < 4.78 is 6.23. The largest absolute Gasteiger partial charge is 0.497 e. The van der Waals surface area contributed by atoms with Gasteiger partial charge in [0.2, 0.25) is 0 Å². The van der Waals surface area contributed by atoms with E-state index in [0.29, 0.717) is 11.4 Å². The van der Waals surface area contributed by atoms with Crippen LogP contribution in [-0.4, -0.2) is 12.1 Å². The third-order valence-corrected chi connectivity index (χ3v) is 3.99. The standard InChI is InChI=1S/C14H14BrClN2O/c1-19-10-2-3-12(15)9(6-10)7-14(17)11-4-5-18-8-13(11)16/h2-6,8,14H,7,17H2,1H3. The SMILES string of the molecule is COc1ccc(Br)c(CC(N)c2ccncc2Cl)c1. The molecule has 1 unspecified atom stereocenters. The highest BCUT2D eigenvalue weighted by Gasteiger charge is 2.13. The van der Waals surface area contributed by atoms with Crippen molar-refractivity contribution in [2.24, 2.45) is 5.73 Å². The van der Waals surface area contributed by atoms with Crippen molar-refractivity contribution >= 4 is 27.5 Å². The molecule has 1 atom stereocenters. The molecule has 0 saturated carbocycles. The first kappa shape index (κ1) is 14.3. The van der Waals surface area contributed by atoms with Gasteiger partial charge in [-0.3, -0.25) is 4.98 Å². The molecule has 0 fully saturated rings. The van der Waals surface area contributed by atoms with Crippen LogP contribution in [0.2, 0.25) is 5.02 Å². The van der Waals surface area contributed by atoms with Gasteiger partial charge in [0.1, 0.15) is 5.75 Å². The van der Waals surface area contributed by atoms with Crippen LogP contribution in [0.4, 0.5) is 0 Å². The van der Waals surface area contributed by atoms with Crippen molar-refractivity contribution < 1.29 is 4.74 Å². The van der Waals surface area contributed by atoms with Gasteiger partial charge < -0.3 is 10.5 Å². The summed E-state index contributed by atoms with van der Waals surface area (Å²) in [5.74, 6) is 0.811. The summed E-state index contributed by atoms with van der Waals surface area (Å²) in [4.78, 5) is 3.96. The lowest BCUT2D eigenvalue weighted by atomic mass is 10.0. The lowest BCUT2D eigenvalue weighted by Gasteiger charge is -2.15. The second kappa shape index (κ2) is 6.37. The molecule has 3 nitrogen and oxygen atoms in total. The molecule has 0 aliphatic heterocycles. The van der Waals surface area contributed by atoms with E-state index in [4.69, 9.17) is 22.1 Å². The average Bonchev–Trinajstić information content (AvgIpc) is 2.41. The van der Waals surface area contributed by atoms with Crippen LogP contribution in [0.5, 0.6) is 5.75 Å². The highest BCUT2D eigenvalue weighted by molar-refractivity contribution is 9.10. The fraction of sp³-hybridized carbons (Fsp3) is 0.214. The Morgan fingerprint density at radius 3 is 2.89 bits per heavy atom. The normalized spacial score (nSPS) is 12.2. The molecule has 1 aromatic heterocycles. The van der Waals surface area contributed by atoms with Crippen LogP contribution in [0.1, 0.15) is 17.2 Å². The smallest absolute Gasteiger partial charge is 0.119 e. The first-order valence-electron chi connectivity index (χ1n) is 5.79. The van der Waals surface area contributed by atoms with Gasteiger partial charge in [-0.05, 0) is 41.8 Å². The Labute approximate surface area is 125 Å². The number of hydrogen-bond acceptors (Lipinski definition) is 3. The van der Waals surface area contributed by atoms with E-state index in [-0.39, 0.29) is 6.04 Å². The average molecular weight is 342 g/mol. The summed E-state index contributed by atoms with van der Waals surface area (Å²) in [6.45, 7) is 0. The van der Waals surface area contributed by atoms with E-state index in [9.17, 15) is 0 Å². The molecule has 19 heavy (non-hydrogen) atoms. The molecule has 100 valence electrons. The summed E-state index contributed by atoms with van der Waals surface area (Å²) in [5.41, 5.74) is 8.19. The summed E-state index contributed by atoms with van der Waals surface area (Å²) in [5, 5.41) is 0.592. The number of pyridine rings is 1. The predicted octanol–water partition coefficient (Wildman–Crippen LogP) is 3.75. The second-order valence-electron chi connectivity index (χ2n) is 4.17. The maximum atomic E-state index is 6.21. The van der Waals surface area contributed by atoms with E-state index < -0.39 is 0 Å². The number of benzene rings is 1. The number of nitrogens with zero attached hydrogens (tertiary/aromatic N) is 1. The van der Waals surface area contributed by atoms with Crippen molar-refractivity contribution in [3.63, 3.8) is 0 Å². The molecule has 0 amide bonds. The molecule has 2 aromatic rings. The lowest BCUT2D eigenvalue weighted by Crippen LogP contribution is -2.14. The van der Waals surface area contributed by atoms with Gasteiger partial charge in [-0.25, -0.2) is 0 Å². The van der Waals surface area contributed by atoms with Crippen LogP contribution in [0.3, 0.4) is 0 Å². The molecule has 1 aromatic carbocycles.